The van der Waals surface area contributed by atoms with Crippen LogP contribution in [0, 0.1) is 5.92 Å². The second kappa shape index (κ2) is 8.02. The molecule has 1 heterocycles. The van der Waals surface area contributed by atoms with Gasteiger partial charge in [-0.15, -0.1) is 0 Å². The Morgan fingerprint density at radius 3 is 2.17 bits per heavy atom. The van der Waals surface area contributed by atoms with Gasteiger partial charge in [0.1, 0.15) is 12.1 Å². The molecule has 3 atom stereocenters. The zero-order chi connectivity index (χ0) is 14.3. The first kappa shape index (κ1) is 16.8. The summed E-state index contributed by atoms with van der Waals surface area (Å²) in [6, 6.07) is -1.36. The summed E-state index contributed by atoms with van der Waals surface area (Å²) in [7, 11) is 0. The molecule has 1 aliphatic rings. The summed E-state index contributed by atoms with van der Waals surface area (Å²) in [6.07, 6.45) is 2.15. The van der Waals surface area contributed by atoms with E-state index in [0.29, 0.717) is 13.0 Å². The van der Waals surface area contributed by atoms with Crippen LogP contribution in [0.3, 0.4) is 0 Å². The Kier molecular flexibility index (Phi) is 7.49. The smallest absolute Gasteiger partial charge is 0.323 e. The van der Waals surface area contributed by atoms with E-state index in [9.17, 15) is 9.59 Å². The molecule has 1 saturated heterocycles. The standard InChI is InChI=1S/C6H13NO2.C5H9NO3/c1-3-4(2)5(7)6(8)9;7-5(8)4-2-1-3-6(4)9/h4-5H,3,7H2,1-2H3,(H,8,9);4,9H,1-3H2,(H,7,8). The highest BCUT2D eigenvalue weighted by molar-refractivity contribution is 5.73. The molecular weight excluding hydrogens is 240 g/mol. The zero-order valence-electron chi connectivity index (χ0n) is 10.7. The highest BCUT2D eigenvalue weighted by atomic mass is 16.5. The third kappa shape index (κ3) is 5.44. The molecule has 0 amide bonds. The second-order valence-corrected chi connectivity index (χ2v) is 4.41. The lowest BCUT2D eigenvalue weighted by atomic mass is 10.0. The molecule has 0 spiro atoms. The molecule has 7 nitrogen and oxygen atoms in total. The van der Waals surface area contributed by atoms with Crippen molar-refractivity contribution in [3.63, 3.8) is 0 Å². The predicted molar refractivity (Wildman–Crippen MR) is 64.2 cm³/mol. The monoisotopic (exact) mass is 262 g/mol. The average molecular weight is 262 g/mol. The Bertz CT molecular complexity index is 285. The maximum Gasteiger partial charge on any atom is 0.323 e. The molecule has 0 aliphatic carbocycles. The molecule has 1 fully saturated rings. The van der Waals surface area contributed by atoms with Gasteiger partial charge in [-0.1, -0.05) is 20.3 Å². The number of hydrogen-bond acceptors (Lipinski definition) is 5. The number of aliphatic carboxylic acids is 2. The van der Waals surface area contributed by atoms with Crippen molar-refractivity contribution in [2.24, 2.45) is 11.7 Å². The quantitative estimate of drug-likeness (QED) is 0.577. The lowest BCUT2D eigenvalue weighted by molar-refractivity contribution is -0.161. The lowest BCUT2D eigenvalue weighted by Crippen LogP contribution is -2.36. The molecular formula is C11H22N2O5. The normalized spacial score (nSPS) is 22.8. The molecule has 0 aromatic heterocycles. The molecule has 7 heteroatoms. The topological polar surface area (TPSA) is 124 Å². The Balaban J connectivity index is 0.000000321. The summed E-state index contributed by atoms with van der Waals surface area (Å²) in [5.74, 6) is -1.78. The van der Waals surface area contributed by atoms with E-state index in [1.54, 1.807) is 0 Å². The van der Waals surface area contributed by atoms with Gasteiger partial charge >= 0.3 is 11.9 Å². The number of nitrogens with zero attached hydrogens (tertiary/aromatic N) is 1. The van der Waals surface area contributed by atoms with E-state index >= 15 is 0 Å². The number of rotatable bonds is 4. The van der Waals surface area contributed by atoms with E-state index in [2.05, 4.69) is 0 Å². The number of carbonyl (C=O) groups is 2. The third-order valence-electron chi connectivity index (χ3n) is 3.05. The van der Waals surface area contributed by atoms with Crippen LogP contribution in [-0.4, -0.2) is 51.1 Å². The molecule has 5 N–H and O–H groups in total. The summed E-state index contributed by atoms with van der Waals surface area (Å²) in [6.45, 7) is 4.24. The van der Waals surface area contributed by atoms with Gasteiger partial charge < -0.3 is 21.2 Å². The van der Waals surface area contributed by atoms with Crippen LogP contribution in [0.25, 0.3) is 0 Å². The molecule has 0 radical (unpaired) electrons. The van der Waals surface area contributed by atoms with Gasteiger partial charge in [-0.05, 0) is 18.8 Å². The number of hydroxylamine groups is 2. The van der Waals surface area contributed by atoms with Gasteiger partial charge in [0.25, 0.3) is 0 Å². The highest BCUT2D eigenvalue weighted by Gasteiger charge is 2.28. The number of hydrogen-bond donors (Lipinski definition) is 4. The zero-order valence-corrected chi connectivity index (χ0v) is 10.7. The minimum Gasteiger partial charge on any atom is -0.480 e. The largest absolute Gasteiger partial charge is 0.480 e. The Labute approximate surface area is 106 Å². The molecule has 0 bridgehead atoms. The van der Waals surface area contributed by atoms with Crippen molar-refractivity contribution >= 4 is 11.9 Å². The molecule has 106 valence electrons. The molecule has 0 aromatic rings. The van der Waals surface area contributed by atoms with E-state index in [-0.39, 0.29) is 5.92 Å². The van der Waals surface area contributed by atoms with Crippen LogP contribution in [-0.2, 0) is 9.59 Å². The highest BCUT2D eigenvalue weighted by Crippen LogP contribution is 2.13. The van der Waals surface area contributed by atoms with Gasteiger partial charge in [-0.3, -0.25) is 9.59 Å². The van der Waals surface area contributed by atoms with Gasteiger partial charge in [-0.25, -0.2) is 0 Å². The van der Waals surface area contributed by atoms with Gasteiger partial charge in [0.2, 0.25) is 0 Å². The minimum absolute atomic E-state index is 0.0718. The average Bonchev–Trinajstić information content (AvgIpc) is 2.74. The van der Waals surface area contributed by atoms with Crippen LogP contribution in [0.5, 0.6) is 0 Å². The SMILES string of the molecule is CCC(C)C(N)C(=O)O.O=C(O)C1CCCN1O. The van der Waals surface area contributed by atoms with E-state index in [1.807, 2.05) is 13.8 Å². The van der Waals surface area contributed by atoms with Crippen LogP contribution in [0.4, 0.5) is 0 Å². The summed E-state index contributed by atoms with van der Waals surface area (Å²) < 4.78 is 0. The molecule has 0 saturated carbocycles. The van der Waals surface area contributed by atoms with E-state index in [1.165, 1.54) is 0 Å². The molecule has 1 aliphatic heterocycles. The van der Waals surface area contributed by atoms with E-state index < -0.39 is 24.0 Å². The number of carboxylic acid groups (broad SMARTS) is 2. The Morgan fingerprint density at radius 2 is 2.00 bits per heavy atom. The lowest BCUT2D eigenvalue weighted by Gasteiger charge is -2.11. The fourth-order valence-electron chi connectivity index (χ4n) is 1.50. The minimum atomic E-state index is -0.935. The molecule has 1 rings (SSSR count). The summed E-state index contributed by atoms with van der Waals surface area (Å²) in [5, 5.41) is 26.4. The maximum atomic E-state index is 10.2. The van der Waals surface area contributed by atoms with Crippen LogP contribution in [0.2, 0.25) is 0 Å². The Morgan fingerprint density at radius 1 is 1.44 bits per heavy atom. The van der Waals surface area contributed by atoms with Crippen molar-refractivity contribution in [3.8, 4) is 0 Å². The first-order chi connectivity index (χ1) is 8.31. The van der Waals surface area contributed by atoms with Crippen molar-refractivity contribution in [3.05, 3.63) is 0 Å². The van der Waals surface area contributed by atoms with Crippen LogP contribution >= 0.6 is 0 Å². The van der Waals surface area contributed by atoms with Gasteiger partial charge in [-0.2, -0.15) is 5.06 Å². The maximum absolute atomic E-state index is 10.2. The van der Waals surface area contributed by atoms with Crippen LogP contribution in [0.1, 0.15) is 33.1 Å². The van der Waals surface area contributed by atoms with E-state index in [0.717, 1.165) is 17.9 Å². The molecule has 18 heavy (non-hydrogen) atoms. The van der Waals surface area contributed by atoms with E-state index in [4.69, 9.17) is 21.2 Å². The van der Waals surface area contributed by atoms with Crippen LogP contribution < -0.4 is 5.73 Å². The summed E-state index contributed by atoms with van der Waals surface area (Å²) >= 11 is 0. The van der Waals surface area contributed by atoms with Gasteiger partial charge in [0.15, 0.2) is 0 Å². The van der Waals surface area contributed by atoms with Crippen LogP contribution in [0.15, 0.2) is 0 Å². The summed E-state index contributed by atoms with van der Waals surface area (Å²) in [5.41, 5.74) is 5.27. The summed E-state index contributed by atoms with van der Waals surface area (Å²) in [4.78, 5) is 20.4. The van der Waals surface area contributed by atoms with Crippen molar-refractivity contribution in [1.29, 1.82) is 0 Å². The van der Waals surface area contributed by atoms with Crippen molar-refractivity contribution < 1.29 is 25.0 Å². The second-order valence-electron chi connectivity index (χ2n) is 4.41. The third-order valence-corrected chi connectivity index (χ3v) is 3.05. The predicted octanol–water partition coefficient (Wildman–Crippen LogP) is 0.369. The fourth-order valence-corrected chi connectivity index (χ4v) is 1.50. The van der Waals surface area contributed by atoms with Crippen molar-refractivity contribution in [2.75, 3.05) is 6.54 Å². The Hall–Kier alpha value is -1.18. The first-order valence-corrected chi connectivity index (χ1v) is 5.97. The van der Waals surface area contributed by atoms with Gasteiger partial charge in [0.05, 0.1) is 0 Å². The van der Waals surface area contributed by atoms with Crippen molar-refractivity contribution in [1.82, 2.24) is 5.06 Å². The first-order valence-electron chi connectivity index (χ1n) is 5.97. The molecule has 3 unspecified atom stereocenters. The van der Waals surface area contributed by atoms with Gasteiger partial charge in [0, 0.05) is 6.54 Å². The fraction of sp³-hybridized carbons (Fsp3) is 0.818. The number of carboxylic acids is 2. The van der Waals surface area contributed by atoms with Crippen molar-refractivity contribution in [2.45, 2.75) is 45.2 Å². The number of nitrogens with two attached hydrogens (primary N) is 1. The molecule has 0 aromatic carbocycles.